The first-order valence-corrected chi connectivity index (χ1v) is 3.41. The van der Waals surface area contributed by atoms with Crippen molar-refractivity contribution in [3.63, 3.8) is 0 Å². The number of nitrogens with zero attached hydrogens (tertiary/aromatic N) is 3. The number of hydrogen-bond donors (Lipinski definition) is 3. The highest BCUT2D eigenvalue weighted by atomic mass is 15.5. The number of H-pyrrole nitrogens is 1. The van der Waals surface area contributed by atoms with Crippen LogP contribution in [-0.4, -0.2) is 19.9 Å². The lowest BCUT2D eigenvalue weighted by atomic mass is 10.6. The van der Waals surface area contributed by atoms with Gasteiger partial charge in [-0.2, -0.15) is 9.89 Å². The van der Waals surface area contributed by atoms with Crippen molar-refractivity contribution in [2.75, 3.05) is 11.2 Å². The highest BCUT2D eigenvalue weighted by molar-refractivity contribution is 5.49. The number of anilines is 2. The van der Waals surface area contributed by atoms with Gasteiger partial charge in [0.2, 0.25) is 5.95 Å². The van der Waals surface area contributed by atoms with Crippen LogP contribution >= 0.6 is 0 Å². The molecule has 6 nitrogen and oxygen atoms in total. The predicted molar refractivity (Wildman–Crippen MR) is 44.2 cm³/mol. The molecule has 0 spiro atoms. The Morgan fingerprint density at radius 1 is 1.58 bits per heavy atom. The first kappa shape index (κ1) is 6.71. The molecule has 0 saturated carbocycles. The number of nitrogens with two attached hydrogens (primary N) is 1. The van der Waals surface area contributed by atoms with Gasteiger partial charge >= 0.3 is 0 Å². The number of imidazole rings is 1. The summed E-state index contributed by atoms with van der Waals surface area (Å²) < 4.78 is 0. The van der Waals surface area contributed by atoms with Gasteiger partial charge in [0.25, 0.3) is 0 Å². The van der Waals surface area contributed by atoms with Crippen molar-refractivity contribution >= 4 is 11.6 Å². The van der Waals surface area contributed by atoms with E-state index in [-0.39, 0.29) is 0 Å². The largest absolute Gasteiger partial charge is 0.331 e. The van der Waals surface area contributed by atoms with Crippen molar-refractivity contribution < 1.29 is 0 Å². The molecular formula is C6H8N6. The van der Waals surface area contributed by atoms with Gasteiger partial charge in [-0.05, 0) is 0 Å². The fourth-order valence-corrected chi connectivity index (χ4v) is 0.873. The molecule has 0 aliphatic heterocycles. The monoisotopic (exact) mass is 164 g/mol. The zero-order valence-corrected chi connectivity index (χ0v) is 6.23. The van der Waals surface area contributed by atoms with Gasteiger partial charge in [0, 0.05) is 12.4 Å². The minimum absolute atomic E-state index is 0.669. The molecule has 12 heavy (non-hydrogen) atoms. The Balaban J connectivity index is 2.14. The van der Waals surface area contributed by atoms with Crippen LogP contribution in [0.5, 0.6) is 0 Å². The molecule has 2 aromatic heterocycles. The Kier molecular flexibility index (Phi) is 1.44. The molecular weight excluding hydrogens is 156 g/mol. The van der Waals surface area contributed by atoms with Gasteiger partial charge in [0.1, 0.15) is 0 Å². The third kappa shape index (κ3) is 1.22. The summed E-state index contributed by atoms with van der Waals surface area (Å²) >= 11 is 0. The van der Waals surface area contributed by atoms with Crippen LogP contribution in [0.3, 0.4) is 0 Å². The molecule has 0 aliphatic carbocycles. The van der Waals surface area contributed by atoms with Gasteiger partial charge in [-0.1, -0.05) is 0 Å². The van der Waals surface area contributed by atoms with E-state index in [4.69, 9.17) is 5.84 Å². The van der Waals surface area contributed by atoms with Crippen LogP contribution in [0, 0.1) is 0 Å². The molecule has 0 saturated heterocycles. The normalized spacial score (nSPS) is 10.0. The van der Waals surface area contributed by atoms with Gasteiger partial charge in [0.05, 0.1) is 18.1 Å². The first-order chi connectivity index (χ1) is 5.84. The van der Waals surface area contributed by atoms with Crippen molar-refractivity contribution in [3.05, 3.63) is 24.8 Å². The van der Waals surface area contributed by atoms with Crippen molar-refractivity contribution in [1.29, 1.82) is 0 Å². The van der Waals surface area contributed by atoms with Gasteiger partial charge in [0.15, 0.2) is 0 Å². The molecule has 0 amide bonds. The molecule has 2 heterocycles. The lowest BCUT2D eigenvalue weighted by Gasteiger charge is -1.95. The van der Waals surface area contributed by atoms with E-state index in [1.54, 1.807) is 24.8 Å². The predicted octanol–water partition coefficient (Wildman–Crippen LogP) is 0.0636. The van der Waals surface area contributed by atoms with Crippen LogP contribution in [0.25, 0.3) is 0 Å². The minimum Gasteiger partial charge on any atom is -0.331 e. The van der Waals surface area contributed by atoms with Crippen LogP contribution in [0.1, 0.15) is 0 Å². The average molecular weight is 164 g/mol. The number of hydrogen-bond acceptors (Lipinski definition) is 4. The summed E-state index contributed by atoms with van der Waals surface area (Å²) in [7, 11) is 0. The molecule has 4 N–H and O–H groups in total. The summed E-state index contributed by atoms with van der Waals surface area (Å²) in [5.74, 6) is 6.01. The standard InChI is InChI=1S/C6H8N6/c7-12-4-5(3-10-12)11-6-8-1-2-9-6/h1-4H,7H2,(H2,8,9,11). The molecule has 0 unspecified atom stereocenters. The van der Waals surface area contributed by atoms with Crippen LogP contribution < -0.4 is 11.2 Å². The third-order valence-electron chi connectivity index (χ3n) is 1.36. The van der Waals surface area contributed by atoms with Crippen molar-refractivity contribution in [3.8, 4) is 0 Å². The summed E-state index contributed by atoms with van der Waals surface area (Å²) in [4.78, 5) is 8.10. The highest BCUT2D eigenvalue weighted by Gasteiger charge is 1.97. The molecule has 0 aliphatic rings. The molecule has 0 aromatic carbocycles. The SMILES string of the molecule is Nn1cc(Nc2ncc[nH]2)cn1. The maximum absolute atomic E-state index is 5.34. The smallest absolute Gasteiger partial charge is 0.204 e. The Morgan fingerprint density at radius 3 is 3.08 bits per heavy atom. The van der Waals surface area contributed by atoms with Crippen molar-refractivity contribution in [2.24, 2.45) is 0 Å². The molecule has 0 fully saturated rings. The summed E-state index contributed by atoms with van der Waals surface area (Å²) in [5, 5.41) is 6.76. The van der Waals surface area contributed by atoms with E-state index in [1.807, 2.05) is 0 Å². The van der Waals surface area contributed by atoms with E-state index < -0.39 is 0 Å². The van der Waals surface area contributed by atoms with Crippen molar-refractivity contribution in [1.82, 2.24) is 19.9 Å². The summed E-state index contributed by atoms with van der Waals surface area (Å²) in [6.45, 7) is 0. The molecule has 62 valence electrons. The second-order valence-corrected chi connectivity index (χ2v) is 2.27. The van der Waals surface area contributed by atoms with E-state index in [2.05, 4.69) is 20.4 Å². The number of aromatic amines is 1. The number of aromatic nitrogens is 4. The fourth-order valence-electron chi connectivity index (χ4n) is 0.873. The zero-order chi connectivity index (χ0) is 8.39. The number of rotatable bonds is 2. The van der Waals surface area contributed by atoms with E-state index in [0.717, 1.165) is 5.69 Å². The van der Waals surface area contributed by atoms with E-state index in [1.165, 1.54) is 4.79 Å². The van der Waals surface area contributed by atoms with Gasteiger partial charge in [-0.15, -0.1) is 0 Å². The van der Waals surface area contributed by atoms with Crippen LogP contribution in [0.15, 0.2) is 24.8 Å². The fraction of sp³-hybridized carbons (Fsp3) is 0. The molecule has 2 rings (SSSR count). The van der Waals surface area contributed by atoms with Gasteiger partial charge in [-0.3, -0.25) is 0 Å². The zero-order valence-electron chi connectivity index (χ0n) is 6.23. The molecule has 6 heteroatoms. The summed E-state index contributed by atoms with van der Waals surface area (Å²) in [6, 6.07) is 0. The van der Waals surface area contributed by atoms with Crippen LogP contribution in [-0.2, 0) is 0 Å². The average Bonchev–Trinajstić information content (AvgIpc) is 2.63. The second-order valence-electron chi connectivity index (χ2n) is 2.27. The molecule has 2 aromatic rings. The second kappa shape index (κ2) is 2.57. The Labute approximate surface area is 68.4 Å². The Morgan fingerprint density at radius 2 is 2.50 bits per heavy atom. The number of nitrogens with one attached hydrogen (secondary N) is 2. The molecule has 0 radical (unpaired) electrons. The lowest BCUT2D eigenvalue weighted by Crippen LogP contribution is -2.07. The minimum atomic E-state index is 0.669. The first-order valence-electron chi connectivity index (χ1n) is 3.41. The van der Waals surface area contributed by atoms with Crippen LogP contribution in [0.2, 0.25) is 0 Å². The highest BCUT2D eigenvalue weighted by Crippen LogP contribution is 2.08. The third-order valence-corrected chi connectivity index (χ3v) is 1.36. The van der Waals surface area contributed by atoms with E-state index in [0.29, 0.717) is 5.95 Å². The Hall–Kier alpha value is -1.98. The summed E-state index contributed by atoms with van der Waals surface area (Å²) in [6.07, 6.45) is 6.66. The summed E-state index contributed by atoms with van der Waals surface area (Å²) in [5.41, 5.74) is 0.799. The molecule has 0 atom stereocenters. The molecule has 0 bridgehead atoms. The maximum atomic E-state index is 5.34. The Bertz CT molecular complexity index is 348. The maximum Gasteiger partial charge on any atom is 0.204 e. The van der Waals surface area contributed by atoms with Crippen molar-refractivity contribution in [2.45, 2.75) is 0 Å². The lowest BCUT2D eigenvalue weighted by molar-refractivity contribution is 0.832. The van der Waals surface area contributed by atoms with Gasteiger partial charge < -0.3 is 16.1 Å². The quantitative estimate of drug-likeness (QED) is 0.548. The van der Waals surface area contributed by atoms with E-state index >= 15 is 0 Å². The van der Waals surface area contributed by atoms with E-state index in [9.17, 15) is 0 Å². The topological polar surface area (TPSA) is 84.5 Å². The van der Waals surface area contributed by atoms with Gasteiger partial charge in [-0.25, -0.2) is 4.98 Å². The van der Waals surface area contributed by atoms with Crippen LogP contribution in [0.4, 0.5) is 11.6 Å². The number of nitrogen functional groups attached to an aromatic ring is 1.